The molecular weight excluding hydrogens is 304 g/mol. The molecule has 2 N–H and O–H groups in total. The zero-order valence-corrected chi connectivity index (χ0v) is 13.6. The molecule has 5 nitrogen and oxygen atoms in total. The number of hydrogen-bond donors (Lipinski definition) is 1. The SMILES string of the molecule is CC1CC(C)CN(C(=O)COC(=O)c2ccc(Cl)cc2N)C1. The molecule has 0 spiro atoms. The molecule has 1 aliphatic heterocycles. The highest BCUT2D eigenvalue weighted by atomic mass is 35.5. The summed E-state index contributed by atoms with van der Waals surface area (Å²) in [5.41, 5.74) is 6.19. The lowest BCUT2D eigenvalue weighted by Crippen LogP contribution is -2.44. The first kappa shape index (κ1) is 16.6. The molecule has 0 aliphatic carbocycles. The molecule has 1 aromatic carbocycles. The Hall–Kier alpha value is -1.75. The lowest BCUT2D eigenvalue weighted by Gasteiger charge is -2.34. The van der Waals surface area contributed by atoms with Crippen LogP contribution in [0.15, 0.2) is 18.2 Å². The highest BCUT2D eigenvalue weighted by molar-refractivity contribution is 6.31. The number of likely N-dealkylation sites (tertiary alicyclic amines) is 1. The number of esters is 1. The molecule has 0 radical (unpaired) electrons. The number of carbonyl (C=O) groups is 2. The minimum absolute atomic E-state index is 0.167. The van der Waals surface area contributed by atoms with E-state index in [-0.39, 0.29) is 23.8 Å². The molecule has 1 amide bonds. The number of piperidine rings is 1. The molecule has 120 valence electrons. The fourth-order valence-electron chi connectivity index (χ4n) is 2.88. The fraction of sp³-hybridized carbons (Fsp3) is 0.500. The number of nitrogen functional groups attached to an aromatic ring is 1. The molecule has 0 aromatic heterocycles. The number of hydrogen-bond acceptors (Lipinski definition) is 4. The number of halogens is 1. The van der Waals surface area contributed by atoms with E-state index in [4.69, 9.17) is 22.1 Å². The summed E-state index contributed by atoms with van der Waals surface area (Å²) in [6.45, 7) is 5.40. The monoisotopic (exact) mass is 324 g/mol. The summed E-state index contributed by atoms with van der Waals surface area (Å²) in [7, 11) is 0. The zero-order chi connectivity index (χ0) is 16.3. The molecule has 0 bridgehead atoms. The number of ether oxygens (including phenoxy) is 1. The number of nitrogens with two attached hydrogens (primary N) is 1. The minimum Gasteiger partial charge on any atom is -0.452 e. The summed E-state index contributed by atoms with van der Waals surface area (Å²) in [6, 6.07) is 4.54. The van der Waals surface area contributed by atoms with E-state index >= 15 is 0 Å². The van der Waals surface area contributed by atoms with E-state index in [0.29, 0.717) is 29.9 Å². The van der Waals surface area contributed by atoms with Gasteiger partial charge in [-0.25, -0.2) is 4.79 Å². The Morgan fingerprint density at radius 3 is 2.55 bits per heavy atom. The van der Waals surface area contributed by atoms with Gasteiger partial charge in [0.25, 0.3) is 5.91 Å². The second-order valence-electron chi connectivity index (χ2n) is 6.05. The molecule has 1 aromatic rings. The lowest BCUT2D eigenvalue weighted by molar-refractivity contribution is -0.137. The van der Waals surface area contributed by atoms with Gasteiger partial charge in [-0.2, -0.15) is 0 Å². The molecule has 1 aliphatic rings. The van der Waals surface area contributed by atoms with Crippen LogP contribution < -0.4 is 5.73 Å². The van der Waals surface area contributed by atoms with Crippen molar-refractivity contribution in [1.82, 2.24) is 4.90 Å². The van der Waals surface area contributed by atoms with Crippen LogP contribution in [0.3, 0.4) is 0 Å². The number of amides is 1. The average molecular weight is 325 g/mol. The largest absolute Gasteiger partial charge is 0.452 e. The molecule has 6 heteroatoms. The standard InChI is InChI=1S/C16H21ClN2O3/c1-10-5-11(2)8-19(7-10)15(20)9-22-16(21)13-4-3-12(17)6-14(13)18/h3-4,6,10-11H,5,7-9,18H2,1-2H3. The molecule has 2 unspecified atom stereocenters. The molecule has 1 saturated heterocycles. The van der Waals surface area contributed by atoms with Crippen LogP contribution in [0, 0.1) is 11.8 Å². The van der Waals surface area contributed by atoms with Crippen LogP contribution >= 0.6 is 11.6 Å². The Labute approximate surface area is 135 Å². The van der Waals surface area contributed by atoms with E-state index in [1.807, 2.05) is 0 Å². The number of anilines is 1. The molecule has 2 rings (SSSR count). The van der Waals surface area contributed by atoms with Gasteiger partial charge in [0.05, 0.1) is 5.56 Å². The number of benzene rings is 1. The predicted molar refractivity (Wildman–Crippen MR) is 85.7 cm³/mol. The van der Waals surface area contributed by atoms with Crippen LogP contribution in [0.4, 0.5) is 5.69 Å². The number of nitrogens with zero attached hydrogens (tertiary/aromatic N) is 1. The van der Waals surface area contributed by atoms with Crippen LogP contribution in [-0.4, -0.2) is 36.5 Å². The van der Waals surface area contributed by atoms with Gasteiger partial charge in [-0.3, -0.25) is 4.79 Å². The van der Waals surface area contributed by atoms with Gasteiger partial charge in [0.15, 0.2) is 6.61 Å². The second-order valence-corrected chi connectivity index (χ2v) is 6.49. The Kier molecular flexibility index (Phi) is 5.29. The Morgan fingerprint density at radius 1 is 1.32 bits per heavy atom. The summed E-state index contributed by atoms with van der Waals surface area (Å²) < 4.78 is 5.08. The van der Waals surface area contributed by atoms with Crippen molar-refractivity contribution in [1.29, 1.82) is 0 Å². The molecular formula is C16H21ClN2O3. The molecule has 2 atom stereocenters. The van der Waals surface area contributed by atoms with Gasteiger partial charge in [0, 0.05) is 23.8 Å². The van der Waals surface area contributed by atoms with Crippen LogP contribution in [0.25, 0.3) is 0 Å². The van der Waals surface area contributed by atoms with Gasteiger partial charge in [-0.15, -0.1) is 0 Å². The van der Waals surface area contributed by atoms with Gasteiger partial charge in [0.1, 0.15) is 0 Å². The van der Waals surface area contributed by atoms with Gasteiger partial charge >= 0.3 is 5.97 Å². The Balaban J connectivity index is 1.91. The third kappa shape index (κ3) is 4.13. The first-order valence-corrected chi connectivity index (χ1v) is 7.74. The molecule has 22 heavy (non-hydrogen) atoms. The third-order valence-corrected chi connectivity index (χ3v) is 4.02. The first-order valence-electron chi connectivity index (χ1n) is 7.36. The molecule has 0 saturated carbocycles. The van der Waals surface area contributed by atoms with E-state index in [0.717, 1.165) is 6.42 Å². The topological polar surface area (TPSA) is 72.6 Å². The maximum absolute atomic E-state index is 12.2. The van der Waals surface area contributed by atoms with Crippen molar-refractivity contribution in [3.05, 3.63) is 28.8 Å². The van der Waals surface area contributed by atoms with Gasteiger partial charge in [0.2, 0.25) is 0 Å². The fourth-order valence-corrected chi connectivity index (χ4v) is 3.06. The normalized spacial score (nSPS) is 21.5. The summed E-state index contributed by atoms with van der Waals surface area (Å²) in [4.78, 5) is 25.9. The summed E-state index contributed by atoms with van der Waals surface area (Å²) in [5, 5.41) is 0.446. The van der Waals surface area contributed by atoms with Gasteiger partial charge < -0.3 is 15.4 Å². The first-order chi connectivity index (χ1) is 10.4. The van der Waals surface area contributed by atoms with Crippen LogP contribution in [-0.2, 0) is 9.53 Å². The van der Waals surface area contributed by atoms with Crippen molar-refractivity contribution in [2.75, 3.05) is 25.4 Å². The third-order valence-electron chi connectivity index (χ3n) is 3.78. The number of carbonyl (C=O) groups excluding carboxylic acids is 2. The van der Waals surface area contributed by atoms with Crippen LogP contribution in [0.1, 0.15) is 30.6 Å². The van der Waals surface area contributed by atoms with E-state index in [2.05, 4.69) is 13.8 Å². The van der Waals surface area contributed by atoms with Crippen molar-refractivity contribution in [3.63, 3.8) is 0 Å². The molecule has 1 fully saturated rings. The number of rotatable bonds is 3. The highest BCUT2D eigenvalue weighted by Crippen LogP contribution is 2.21. The maximum atomic E-state index is 12.2. The lowest BCUT2D eigenvalue weighted by atomic mass is 9.92. The van der Waals surface area contributed by atoms with Crippen molar-refractivity contribution < 1.29 is 14.3 Å². The molecule has 1 heterocycles. The summed E-state index contributed by atoms with van der Waals surface area (Å²) in [5.74, 6) is 0.158. The Morgan fingerprint density at radius 2 is 1.95 bits per heavy atom. The smallest absolute Gasteiger partial charge is 0.340 e. The van der Waals surface area contributed by atoms with E-state index < -0.39 is 5.97 Å². The highest BCUT2D eigenvalue weighted by Gasteiger charge is 2.26. The average Bonchev–Trinajstić information content (AvgIpc) is 2.43. The van der Waals surface area contributed by atoms with E-state index in [9.17, 15) is 9.59 Å². The van der Waals surface area contributed by atoms with Crippen molar-refractivity contribution in [2.24, 2.45) is 11.8 Å². The van der Waals surface area contributed by atoms with Crippen molar-refractivity contribution in [3.8, 4) is 0 Å². The summed E-state index contributed by atoms with van der Waals surface area (Å²) >= 11 is 5.79. The zero-order valence-electron chi connectivity index (χ0n) is 12.8. The van der Waals surface area contributed by atoms with E-state index in [1.54, 1.807) is 11.0 Å². The summed E-state index contributed by atoms with van der Waals surface area (Å²) in [6.07, 6.45) is 1.12. The Bertz CT molecular complexity index is 567. The van der Waals surface area contributed by atoms with Gasteiger partial charge in [-0.05, 0) is 36.5 Å². The van der Waals surface area contributed by atoms with E-state index in [1.165, 1.54) is 12.1 Å². The maximum Gasteiger partial charge on any atom is 0.340 e. The minimum atomic E-state index is -0.611. The van der Waals surface area contributed by atoms with Crippen LogP contribution in [0.2, 0.25) is 5.02 Å². The van der Waals surface area contributed by atoms with Crippen molar-refractivity contribution in [2.45, 2.75) is 20.3 Å². The predicted octanol–water partition coefficient (Wildman–Crippen LogP) is 2.58. The van der Waals surface area contributed by atoms with Gasteiger partial charge in [-0.1, -0.05) is 25.4 Å². The van der Waals surface area contributed by atoms with Crippen LogP contribution in [0.5, 0.6) is 0 Å². The van der Waals surface area contributed by atoms with Crippen molar-refractivity contribution >= 4 is 29.2 Å². The second kappa shape index (κ2) is 7.01. The quantitative estimate of drug-likeness (QED) is 0.685.